The van der Waals surface area contributed by atoms with Crippen molar-refractivity contribution in [1.82, 2.24) is 10.4 Å². The van der Waals surface area contributed by atoms with Crippen molar-refractivity contribution in [1.29, 1.82) is 0 Å². The van der Waals surface area contributed by atoms with Gasteiger partial charge in [-0.15, -0.1) is 0 Å². The fourth-order valence-corrected chi connectivity index (χ4v) is 0.282. The van der Waals surface area contributed by atoms with Gasteiger partial charge in [-0.2, -0.15) is 0 Å². The summed E-state index contributed by atoms with van der Waals surface area (Å²) in [5.41, 5.74) is 2.65. The van der Waals surface area contributed by atoms with E-state index < -0.39 is 5.97 Å². The summed E-state index contributed by atoms with van der Waals surface area (Å²) in [4.78, 5) is 9.89. The van der Waals surface area contributed by atoms with Crippen molar-refractivity contribution in [2.75, 3.05) is 20.6 Å². The molecule has 0 saturated heterocycles. The zero-order chi connectivity index (χ0) is 6.57. The molecular weight excluding hydrogens is 108 g/mol. The molecule has 0 unspecified atom stereocenters. The first-order valence-electron chi connectivity index (χ1n) is 2.27. The molecular formula is C4H10N2O2. The number of carboxylic acids is 1. The monoisotopic (exact) mass is 118 g/mol. The smallest absolute Gasteiger partial charge is 0.319 e. The predicted octanol–water partition coefficient (Wildman–Crippen LogP) is -0.863. The van der Waals surface area contributed by atoms with E-state index in [9.17, 15) is 4.79 Å². The van der Waals surface area contributed by atoms with Crippen LogP contribution in [0.2, 0.25) is 0 Å². The summed E-state index contributed by atoms with van der Waals surface area (Å²) in [5, 5.41) is 9.61. The number of likely N-dealkylation sites (N-methyl/N-ethyl adjacent to an activating group) is 1. The Hall–Kier alpha value is -0.610. The quantitative estimate of drug-likeness (QED) is 0.473. The minimum atomic E-state index is -0.832. The first-order chi connectivity index (χ1) is 3.66. The fraction of sp³-hybridized carbons (Fsp3) is 0.750. The van der Waals surface area contributed by atoms with Crippen LogP contribution in [0, 0.1) is 0 Å². The van der Waals surface area contributed by atoms with Crippen LogP contribution in [0.5, 0.6) is 0 Å². The molecule has 4 nitrogen and oxygen atoms in total. The van der Waals surface area contributed by atoms with Crippen LogP contribution in [-0.4, -0.2) is 36.7 Å². The van der Waals surface area contributed by atoms with Crippen LogP contribution in [-0.2, 0) is 4.79 Å². The molecule has 0 heterocycles. The van der Waals surface area contributed by atoms with E-state index in [1.54, 1.807) is 14.1 Å². The average Bonchev–Trinajstić information content (AvgIpc) is 1.65. The second kappa shape index (κ2) is 3.40. The molecule has 8 heavy (non-hydrogen) atoms. The Bertz CT molecular complexity index is 84.1. The molecule has 0 saturated carbocycles. The molecule has 4 heteroatoms. The van der Waals surface area contributed by atoms with Gasteiger partial charge in [0.05, 0.1) is 0 Å². The van der Waals surface area contributed by atoms with Gasteiger partial charge in [0.2, 0.25) is 0 Å². The fourth-order valence-electron chi connectivity index (χ4n) is 0.282. The van der Waals surface area contributed by atoms with Crippen LogP contribution < -0.4 is 5.43 Å². The van der Waals surface area contributed by atoms with Gasteiger partial charge < -0.3 is 5.11 Å². The molecule has 0 aromatic heterocycles. The number of nitrogens with zero attached hydrogens (tertiary/aromatic N) is 1. The van der Waals surface area contributed by atoms with Crippen LogP contribution in [0.1, 0.15) is 0 Å². The van der Waals surface area contributed by atoms with Crippen molar-refractivity contribution in [2.24, 2.45) is 0 Å². The lowest BCUT2D eigenvalue weighted by atomic mass is 10.6. The molecule has 0 spiro atoms. The summed E-state index contributed by atoms with van der Waals surface area (Å²) < 4.78 is 0. The second-order valence-corrected chi connectivity index (χ2v) is 1.47. The summed E-state index contributed by atoms with van der Waals surface area (Å²) in [6.45, 7) is 0.0243. The molecule has 0 aromatic rings. The molecule has 48 valence electrons. The number of hydrogen-bond acceptors (Lipinski definition) is 3. The summed E-state index contributed by atoms with van der Waals surface area (Å²) in [5.74, 6) is -0.832. The highest BCUT2D eigenvalue weighted by Crippen LogP contribution is 1.69. The van der Waals surface area contributed by atoms with E-state index in [0.29, 0.717) is 0 Å². The zero-order valence-corrected chi connectivity index (χ0v) is 5.01. The predicted molar refractivity (Wildman–Crippen MR) is 29.3 cm³/mol. The van der Waals surface area contributed by atoms with Gasteiger partial charge in [-0.05, 0) is 7.05 Å². The highest BCUT2D eigenvalue weighted by Gasteiger charge is 1.98. The first-order valence-corrected chi connectivity index (χ1v) is 2.27. The standard InChI is InChI=1S/C4H10N2O2/c1-5-6(2)3-4(7)8/h5H,3H2,1-2H3,(H,7,8). The molecule has 0 bridgehead atoms. The van der Waals surface area contributed by atoms with Crippen molar-refractivity contribution in [3.8, 4) is 0 Å². The minimum absolute atomic E-state index is 0.0243. The summed E-state index contributed by atoms with van der Waals surface area (Å²) in [6.07, 6.45) is 0. The number of rotatable bonds is 3. The van der Waals surface area contributed by atoms with Crippen LogP contribution in [0.4, 0.5) is 0 Å². The molecule has 0 amide bonds. The topological polar surface area (TPSA) is 52.6 Å². The van der Waals surface area contributed by atoms with Crippen LogP contribution >= 0.6 is 0 Å². The minimum Gasteiger partial charge on any atom is -0.480 e. The maximum absolute atomic E-state index is 9.89. The van der Waals surface area contributed by atoms with Gasteiger partial charge in [-0.1, -0.05) is 0 Å². The Balaban J connectivity index is 3.24. The maximum atomic E-state index is 9.89. The van der Waals surface area contributed by atoms with E-state index in [1.165, 1.54) is 5.01 Å². The molecule has 0 rings (SSSR count). The highest BCUT2D eigenvalue weighted by atomic mass is 16.4. The molecule has 0 fully saturated rings. The Labute approximate surface area is 48.1 Å². The van der Waals surface area contributed by atoms with Crippen molar-refractivity contribution < 1.29 is 9.90 Å². The number of nitrogens with one attached hydrogen (secondary N) is 1. The van der Waals surface area contributed by atoms with Gasteiger partial charge in [-0.25, -0.2) is 5.01 Å². The van der Waals surface area contributed by atoms with Gasteiger partial charge in [0.25, 0.3) is 0 Å². The normalized spacial score (nSPS) is 9.88. The zero-order valence-electron chi connectivity index (χ0n) is 5.01. The van der Waals surface area contributed by atoms with Gasteiger partial charge in [0.1, 0.15) is 6.54 Å². The third kappa shape index (κ3) is 3.58. The van der Waals surface area contributed by atoms with Gasteiger partial charge in [-0.3, -0.25) is 10.2 Å². The Kier molecular flexibility index (Phi) is 3.14. The average molecular weight is 118 g/mol. The Morgan fingerprint density at radius 1 is 1.88 bits per heavy atom. The molecule has 0 aliphatic heterocycles. The van der Waals surface area contributed by atoms with Crippen LogP contribution in [0.15, 0.2) is 0 Å². The van der Waals surface area contributed by atoms with E-state index in [4.69, 9.17) is 5.11 Å². The summed E-state index contributed by atoms with van der Waals surface area (Å²) >= 11 is 0. The van der Waals surface area contributed by atoms with Crippen LogP contribution in [0.3, 0.4) is 0 Å². The molecule has 0 atom stereocenters. The highest BCUT2D eigenvalue weighted by molar-refractivity contribution is 5.68. The second-order valence-electron chi connectivity index (χ2n) is 1.47. The number of aliphatic carboxylic acids is 1. The number of carboxylic acid groups (broad SMARTS) is 1. The first kappa shape index (κ1) is 7.39. The lowest BCUT2D eigenvalue weighted by molar-refractivity contribution is -0.138. The SMILES string of the molecule is CNN(C)CC(=O)O. The molecule has 0 aromatic carbocycles. The van der Waals surface area contributed by atoms with Crippen molar-refractivity contribution >= 4 is 5.97 Å². The summed E-state index contributed by atoms with van der Waals surface area (Å²) in [6, 6.07) is 0. The van der Waals surface area contributed by atoms with Crippen LogP contribution in [0.25, 0.3) is 0 Å². The van der Waals surface area contributed by atoms with E-state index in [1.807, 2.05) is 0 Å². The number of carbonyl (C=O) groups is 1. The van der Waals surface area contributed by atoms with E-state index in [-0.39, 0.29) is 6.54 Å². The number of hydrazine groups is 1. The largest absolute Gasteiger partial charge is 0.480 e. The molecule has 0 aliphatic carbocycles. The van der Waals surface area contributed by atoms with Gasteiger partial charge >= 0.3 is 5.97 Å². The third-order valence-electron chi connectivity index (χ3n) is 0.754. The summed E-state index contributed by atoms with van der Waals surface area (Å²) in [7, 11) is 3.33. The Morgan fingerprint density at radius 2 is 2.38 bits per heavy atom. The maximum Gasteiger partial charge on any atom is 0.319 e. The van der Waals surface area contributed by atoms with Crippen molar-refractivity contribution in [3.63, 3.8) is 0 Å². The number of hydrogen-bond donors (Lipinski definition) is 2. The lowest BCUT2D eigenvalue weighted by Crippen LogP contribution is -2.35. The van der Waals surface area contributed by atoms with Crippen molar-refractivity contribution in [2.45, 2.75) is 0 Å². The third-order valence-corrected chi connectivity index (χ3v) is 0.754. The molecule has 2 N–H and O–H groups in total. The van der Waals surface area contributed by atoms with E-state index >= 15 is 0 Å². The molecule has 0 aliphatic rings. The van der Waals surface area contributed by atoms with Crippen molar-refractivity contribution in [3.05, 3.63) is 0 Å². The lowest BCUT2D eigenvalue weighted by Gasteiger charge is -2.09. The van der Waals surface area contributed by atoms with Gasteiger partial charge in [0.15, 0.2) is 0 Å². The van der Waals surface area contributed by atoms with E-state index in [0.717, 1.165) is 0 Å². The van der Waals surface area contributed by atoms with Gasteiger partial charge in [0, 0.05) is 7.05 Å². The Morgan fingerprint density at radius 3 is 2.50 bits per heavy atom. The van der Waals surface area contributed by atoms with E-state index in [2.05, 4.69) is 5.43 Å². The molecule has 0 radical (unpaired) electrons.